The SMILES string of the molecule is Nc1cncc(-c2ccccc2-c2ccccc2)n1. The number of benzene rings is 2. The maximum absolute atomic E-state index is 5.71. The molecule has 3 nitrogen and oxygen atoms in total. The second kappa shape index (κ2) is 4.90. The highest BCUT2D eigenvalue weighted by Crippen LogP contribution is 2.30. The van der Waals surface area contributed by atoms with Gasteiger partial charge in [-0.15, -0.1) is 0 Å². The molecule has 0 aliphatic carbocycles. The highest BCUT2D eigenvalue weighted by Gasteiger charge is 2.08. The molecule has 0 bridgehead atoms. The molecule has 3 rings (SSSR count). The van der Waals surface area contributed by atoms with Gasteiger partial charge in [0.05, 0.1) is 18.1 Å². The summed E-state index contributed by atoms with van der Waals surface area (Å²) >= 11 is 0. The first kappa shape index (κ1) is 11.4. The minimum absolute atomic E-state index is 0.431. The van der Waals surface area contributed by atoms with Crippen LogP contribution in [0.1, 0.15) is 0 Å². The number of hydrogen-bond acceptors (Lipinski definition) is 3. The van der Waals surface area contributed by atoms with Gasteiger partial charge in [0.2, 0.25) is 0 Å². The van der Waals surface area contributed by atoms with Crippen molar-refractivity contribution in [3.8, 4) is 22.4 Å². The minimum atomic E-state index is 0.431. The molecule has 2 N–H and O–H groups in total. The first-order valence-electron chi connectivity index (χ1n) is 6.07. The van der Waals surface area contributed by atoms with E-state index < -0.39 is 0 Å². The van der Waals surface area contributed by atoms with Crippen LogP contribution in [0, 0.1) is 0 Å². The molecule has 0 atom stereocenters. The molecule has 92 valence electrons. The normalized spacial score (nSPS) is 10.3. The predicted octanol–water partition coefficient (Wildman–Crippen LogP) is 3.39. The fourth-order valence-electron chi connectivity index (χ4n) is 2.09. The highest BCUT2D eigenvalue weighted by molar-refractivity contribution is 5.81. The molecule has 0 radical (unpaired) electrons. The van der Waals surface area contributed by atoms with Gasteiger partial charge in [0.1, 0.15) is 5.82 Å². The number of rotatable bonds is 2. The van der Waals surface area contributed by atoms with E-state index in [1.165, 1.54) is 0 Å². The molecule has 0 spiro atoms. The van der Waals surface area contributed by atoms with Crippen molar-refractivity contribution in [1.29, 1.82) is 0 Å². The maximum atomic E-state index is 5.71. The lowest BCUT2D eigenvalue weighted by Crippen LogP contribution is -1.94. The van der Waals surface area contributed by atoms with Crippen LogP contribution in [0.15, 0.2) is 67.0 Å². The third kappa shape index (κ3) is 2.31. The fraction of sp³-hybridized carbons (Fsp3) is 0. The van der Waals surface area contributed by atoms with Crippen molar-refractivity contribution < 1.29 is 0 Å². The lowest BCUT2D eigenvalue weighted by molar-refractivity contribution is 1.22. The molecular weight excluding hydrogens is 234 g/mol. The van der Waals surface area contributed by atoms with E-state index in [0.29, 0.717) is 5.82 Å². The van der Waals surface area contributed by atoms with Crippen molar-refractivity contribution in [3.05, 3.63) is 67.0 Å². The Morgan fingerprint density at radius 3 is 2.16 bits per heavy atom. The lowest BCUT2D eigenvalue weighted by Gasteiger charge is -2.09. The third-order valence-corrected chi connectivity index (χ3v) is 2.94. The van der Waals surface area contributed by atoms with E-state index in [4.69, 9.17) is 5.73 Å². The Morgan fingerprint density at radius 1 is 0.737 bits per heavy atom. The quantitative estimate of drug-likeness (QED) is 0.755. The zero-order valence-electron chi connectivity index (χ0n) is 10.3. The molecule has 1 aromatic heterocycles. The Balaban J connectivity index is 2.18. The molecular formula is C16H13N3. The van der Waals surface area contributed by atoms with E-state index >= 15 is 0 Å². The molecule has 0 saturated heterocycles. The Bertz CT molecular complexity index is 693. The summed E-state index contributed by atoms with van der Waals surface area (Å²) in [6.07, 6.45) is 3.28. The van der Waals surface area contributed by atoms with Crippen LogP contribution in [0.4, 0.5) is 5.82 Å². The van der Waals surface area contributed by atoms with Gasteiger partial charge in [0, 0.05) is 5.56 Å². The van der Waals surface area contributed by atoms with Crippen molar-refractivity contribution in [3.63, 3.8) is 0 Å². The molecule has 0 aliphatic heterocycles. The number of aromatic nitrogens is 2. The van der Waals surface area contributed by atoms with Crippen molar-refractivity contribution in [2.24, 2.45) is 0 Å². The third-order valence-electron chi connectivity index (χ3n) is 2.94. The molecule has 0 fully saturated rings. The number of anilines is 1. The van der Waals surface area contributed by atoms with Gasteiger partial charge in [-0.05, 0) is 11.1 Å². The fourth-order valence-corrected chi connectivity index (χ4v) is 2.09. The van der Waals surface area contributed by atoms with Gasteiger partial charge in [-0.3, -0.25) is 4.98 Å². The zero-order chi connectivity index (χ0) is 13.1. The van der Waals surface area contributed by atoms with Gasteiger partial charge in [0.15, 0.2) is 0 Å². The van der Waals surface area contributed by atoms with Gasteiger partial charge in [0.25, 0.3) is 0 Å². The van der Waals surface area contributed by atoms with Crippen molar-refractivity contribution in [2.75, 3.05) is 5.73 Å². The van der Waals surface area contributed by atoms with Gasteiger partial charge in [-0.25, -0.2) is 4.98 Å². The standard InChI is InChI=1S/C16H13N3/c17-16-11-18-10-15(19-16)14-9-5-4-8-13(14)12-6-2-1-3-7-12/h1-11H,(H2,17,19). The molecule has 3 aromatic rings. The maximum Gasteiger partial charge on any atom is 0.142 e. The van der Waals surface area contributed by atoms with Crippen LogP contribution in [-0.2, 0) is 0 Å². The van der Waals surface area contributed by atoms with E-state index in [2.05, 4.69) is 28.2 Å². The number of nitrogens with two attached hydrogens (primary N) is 1. The van der Waals surface area contributed by atoms with Crippen molar-refractivity contribution in [2.45, 2.75) is 0 Å². The minimum Gasteiger partial charge on any atom is -0.382 e. The molecule has 0 saturated carbocycles. The molecule has 3 heteroatoms. The lowest BCUT2D eigenvalue weighted by atomic mass is 9.98. The number of hydrogen-bond donors (Lipinski definition) is 1. The Morgan fingerprint density at radius 2 is 1.42 bits per heavy atom. The number of nitrogens with zero attached hydrogens (tertiary/aromatic N) is 2. The molecule has 0 aliphatic rings. The van der Waals surface area contributed by atoms with Crippen molar-refractivity contribution in [1.82, 2.24) is 9.97 Å². The summed E-state index contributed by atoms with van der Waals surface area (Å²) in [4.78, 5) is 8.45. The highest BCUT2D eigenvalue weighted by atomic mass is 14.9. The van der Waals surface area contributed by atoms with Crippen LogP contribution in [0.25, 0.3) is 22.4 Å². The Kier molecular flexibility index (Phi) is 2.94. The molecule has 1 heterocycles. The Labute approximate surface area is 111 Å². The van der Waals surface area contributed by atoms with Crippen LogP contribution in [0.5, 0.6) is 0 Å². The van der Waals surface area contributed by atoms with E-state index in [0.717, 1.165) is 22.4 Å². The first-order chi connectivity index (χ1) is 9.34. The second-order valence-corrected chi connectivity index (χ2v) is 4.24. The van der Waals surface area contributed by atoms with Crippen LogP contribution < -0.4 is 5.73 Å². The summed E-state index contributed by atoms with van der Waals surface area (Å²) in [6.45, 7) is 0. The summed E-state index contributed by atoms with van der Waals surface area (Å²) in [5, 5.41) is 0. The molecule has 19 heavy (non-hydrogen) atoms. The van der Waals surface area contributed by atoms with Crippen LogP contribution >= 0.6 is 0 Å². The molecule has 2 aromatic carbocycles. The summed E-state index contributed by atoms with van der Waals surface area (Å²) in [5.41, 5.74) is 9.82. The van der Waals surface area contributed by atoms with Crippen LogP contribution in [0.3, 0.4) is 0 Å². The summed E-state index contributed by atoms with van der Waals surface area (Å²) in [7, 11) is 0. The van der Waals surface area contributed by atoms with Gasteiger partial charge >= 0.3 is 0 Å². The molecule has 0 unspecified atom stereocenters. The van der Waals surface area contributed by atoms with E-state index in [9.17, 15) is 0 Å². The van der Waals surface area contributed by atoms with E-state index in [1.807, 2.05) is 36.4 Å². The van der Waals surface area contributed by atoms with E-state index in [-0.39, 0.29) is 0 Å². The van der Waals surface area contributed by atoms with Crippen molar-refractivity contribution >= 4 is 5.82 Å². The van der Waals surface area contributed by atoms with Gasteiger partial charge in [-0.1, -0.05) is 54.6 Å². The van der Waals surface area contributed by atoms with E-state index in [1.54, 1.807) is 12.4 Å². The first-order valence-corrected chi connectivity index (χ1v) is 6.07. The average Bonchev–Trinajstić information content (AvgIpc) is 2.48. The average molecular weight is 247 g/mol. The second-order valence-electron chi connectivity index (χ2n) is 4.24. The predicted molar refractivity (Wildman–Crippen MR) is 77.3 cm³/mol. The monoisotopic (exact) mass is 247 g/mol. The van der Waals surface area contributed by atoms with Crippen LogP contribution in [0.2, 0.25) is 0 Å². The topological polar surface area (TPSA) is 51.8 Å². The van der Waals surface area contributed by atoms with Crippen LogP contribution in [-0.4, -0.2) is 9.97 Å². The Hall–Kier alpha value is -2.68. The largest absolute Gasteiger partial charge is 0.382 e. The smallest absolute Gasteiger partial charge is 0.142 e. The van der Waals surface area contributed by atoms with Gasteiger partial charge < -0.3 is 5.73 Å². The van der Waals surface area contributed by atoms with Gasteiger partial charge in [-0.2, -0.15) is 0 Å². The zero-order valence-corrected chi connectivity index (χ0v) is 10.3. The summed E-state index contributed by atoms with van der Waals surface area (Å²) < 4.78 is 0. The summed E-state index contributed by atoms with van der Waals surface area (Å²) in [5.74, 6) is 0.431. The molecule has 0 amide bonds. The number of nitrogen functional groups attached to an aromatic ring is 1. The summed E-state index contributed by atoms with van der Waals surface area (Å²) in [6, 6.07) is 18.3.